The van der Waals surface area contributed by atoms with Crippen molar-refractivity contribution in [2.75, 3.05) is 27.2 Å². The highest BCUT2D eigenvalue weighted by molar-refractivity contribution is 5.42. The van der Waals surface area contributed by atoms with E-state index in [1.807, 2.05) is 19.2 Å². The van der Waals surface area contributed by atoms with E-state index in [1.165, 1.54) is 0 Å². The fourth-order valence-corrected chi connectivity index (χ4v) is 2.67. The highest BCUT2D eigenvalue weighted by Crippen LogP contribution is 2.26. The first-order chi connectivity index (χ1) is 9.60. The standard InChI is InChI=1S/C16H23N3O/c1-16(18-2)6-8-19(9-7-16)12-14-10-13(11-17)4-5-15(14)20-3/h4-5,10,18H,6-9,12H2,1-3H3. The molecule has 1 fully saturated rings. The fourth-order valence-electron chi connectivity index (χ4n) is 2.67. The number of rotatable bonds is 4. The second kappa shape index (κ2) is 6.25. The van der Waals surface area contributed by atoms with E-state index in [0.29, 0.717) is 5.56 Å². The van der Waals surface area contributed by atoms with Crippen molar-refractivity contribution in [1.29, 1.82) is 5.26 Å². The lowest BCUT2D eigenvalue weighted by Crippen LogP contribution is -2.49. The van der Waals surface area contributed by atoms with Crippen molar-refractivity contribution in [3.05, 3.63) is 29.3 Å². The molecule has 0 atom stereocenters. The normalized spacial score (nSPS) is 18.5. The summed E-state index contributed by atoms with van der Waals surface area (Å²) in [5.41, 5.74) is 2.05. The van der Waals surface area contributed by atoms with Crippen LogP contribution in [0.4, 0.5) is 0 Å². The van der Waals surface area contributed by atoms with Crippen LogP contribution in [0.25, 0.3) is 0 Å². The van der Waals surface area contributed by atoms with Crippen molar-refractivity contribution < 1.29 is 4.74 Å². The Morgan fingerprint density at radius 1 is 1.40 bits per heavy atom. The Morgan fingerprint density at radius 3 is 2.65 bits per heavy atom. The number of hydrogen-bond acceptors (Lipinski definition) is 4. The summed E-state index contributed by atoms with van der Waals surface area (Å²) in [6.45, 7) is 5.26. The quantitative estimate of drug-likeness (QED) is 0.913. The van der Waals surface area contributed by atoms with Gasteiger partial charge in [-0.3, -0.25) is 4.90 Å². The zero-order chi connectivity index (χ0) is 14.6. The third-order valence-electron chi connectivity index (χ3n) is 4.37. The van der Waals surface area contributed by atoms with E-state index in [0.717, 1.165) is 43.8 Å². The average Bonchev–Trinajstić information content (AvgIpc) is 2.49. The molecule has 1 aliphatic rings. The van der Waals surface area contributed by atoms with Gasteiger partial charge in [-0.25, -0.2) is 0 Å². The summed E-state index contributed by atoms with van der Waals surface area (Å²) in [5.74, 6) is 0.867. The van der Waals surface area contributed by atoms with Crippen molar-refractivity contribution >= 4 is 0 Å². The summed E-state index contributed by atoms with van der Waals surface area (Å²) in [5, 5.41) is 12.4. The highest BCUT2D eigenvalue weighted by atomic mass is 16.5. The molecule has 20 heavy (non-hydrogen) atoms. The van der Waals surface area contributed by atoms with Crippen LogP contribution in [0.2, 0.25) is 0 Å². The zero-order valence-electron chi connectivity index (χ0n) is 12.6. The molecule has 4 nitrogen and oxygen atoms in total. The molecule has 0 unspecified atom stereocenters. The predicted molar refractivity (Wildman–Crippen MR) is 79.7 cm³/mol. The van der Waals surface area contributed by atoms with Crippen molar-refractivity contribution in [3.63, 3.8) is 0 Å². The average molecular weight is 273 g/mol. The smallest absolute Gasteiger partial charge is 0.123 e. The fraction of sp³-hybridized carbons (Fsp3) is 0.562. The van der Waals surface area contributed by atoms with E-state index in [9.17, 15) is 0 Å². The van der Waals surface area contributed by atoms with Gasteiger partial charge in [-0.15, -0.1) is 0 Å². The summed E-state index contributed by atoms with van der Waals surface area (Å²) >= 11 is 0. The Balaban J connectivity index is 2.06. The van der Waals surface area contributed by atoms with Gasteiger partial charge in [0.2, 0.25) is 0 Å². The van der Waals surface area contributed by atoms with Crippen molar-refractivity contribution in [1.82, 2.24) is 10.2 Å². The minimum absolute atomic E-state index is 0.259. The maximum atomic E-state index is 9.02. The molecule has 0 aromatic heterocycles. The molecule has 1 N–H and O–H groups in total. The van der Waals surface area contributed by atoms with Gasteiger partial charge < -0.3 is 10.1 Å². The molecule has 0 spiro atoms. The number of likely N-dealkylation sites (tertiary alicyclic amines) is 1. The number of methoxy groups -OCH3 is 1. The summed E-state index contributed by atoms with van der Waals surface area (Å²) in [7, 11) is 3.72. The zero-order valence-corrected chi connectivity index (χ0v) is 12.6. The van der Waals surface area contributed by atoms with Gasteiger partial charge >= 0.3 is 0 Å². The second-order valence-electron chi connectivity index (χ2n) is 5.73. The summed E-state index contributed by atoms with van der Waals surface area (Å²) in [6.07, 6.45) is 2.29. The first-order valence-electron chi connectivity index (χ1n) is 7.08. The predicted octanol–water partition coefficient (Wildman–Crippen LogP) is 2.14. The van der Waals surface area contributed by atoms with Crippen LogP contribution < -0.4 is 10.1 Å². The molecule has 4 heteroatoms. The molecular weight excluding hydrogens is 250 g/mol. The van der Waals surface area contributed by atoms with Crippen molar-refractivity contribution in [2.24, 2.45) is 0 Å². The molecule has 1 aliphatic heterocycles. The Hall–Kier alpha value is -1.57. The molecule has 0 radical (unpaired) electrons. The lowest BCUT2D eigenvalue weighted by Gasteiger charge is -2.39. The van der Waals surface area contributed by atoms with Gasteiger partial charge in [0.05, 0.1) is 18.7 Å². The van der Waals surface area contributed by atoms with Crippen LogP contribution in [0.3, 0.4) is 0 Å². The Morgan fingerprint density at radius 2 is 2.10 bits per heavy atom. The van der Waals surface area contributed by atoms with E-state index in [4.69, 9.17) is 10.00 Å². The van der Waals surface area contributed by atoms with Gasteiger partial charge in [-0.05, 0) is 45.0 Å². The van der Waals surface area contributed by atoms with Crippen molar-refractivity contribution in [2.45, 2.75) is 31.8 Å². The highest BCUT2D eigenvalue weighted by Gasteiger charge is 2.28. The number of benzene rings is 1. The third kappa shape index (κ3) is 3.30. The molecule has 0 saturated carbocycles. The van der Waals surface area contributed by atoms with Gasteiger partial charge in [0.1, 0.15) is 5.75 Å². The molecule has 1 aromatic rings. The van der Waals surface area contributed by atoms with Crippen LogP contribution in [-0.4, -0.2) is 37.7 Å². The molecule has 1 heterocycles. The van der Waals surface area contributed by atoms with E-state index < -0.39 is 0 Å². The third-order valence-corrected chi connectivity index (χ3v) is 4.37. The minimum Gasteiger partial charge on any atom is -0.496 e. The van der Waals surface area contributed by atoms with E-state index in [1.54, 1.807) is 13.2 Å². The monoisotopic (exact) mass is 273 g/mol. The Kier molecular flexibility index (Phi) is 4.64. The van der Waals surface area contributed by atoms with Crippen LogP contribution in [-0.2, 0) is 6.54 Å². The van der Waals surface area contributed by atoms with Gasteiger partial charge in [0, 0.05) is 30.7 Å². The van der Waals surface area contributed by atoms with Crippen LogP contribution in [0.1, 0.15) is 30.9 Å². The van der Waals surface area contributed by atoms with E-state index in [-0.39, 0.29) is 5.54 Å². The molecule has 0 bridgehead atoms. The van der Waals surface area contributed by atoms with Crippen LogP contribution in [0, 0.1) is 11.3 Å². The van der Waals surface area contributed by atoms with Gasteiger partial charge in [-0.2, -0.15) is 5.26 Å². The summed E-state index contributed by atoms with van der Waals surface area (Å²) in [4.78, 5) is 2.43. The lowest BCUT2D eigenvalue weighted by atomic mass is 9.89. The molecule has 0 aliphatic carbocycles. The summed E-state index contributed by atoms with van der Waals surface area (Å²) < 4.78 is 5.40. The van der Waals surface area contributed by atoms with E-state index >= 15 is 0 Å². The topological polar surface area (TPSA) is 48.3 Å². The molecular formula is C16H23N3O. The maximum absolute atomic E-state index is 9.02. The first-order valence-corrected chi connectivity index (χ1v) is 7.08. The van der Waals surface area contributed by atoms with Crippen LogP contribution in [0.15, 0.2) is 18.2 Å². The van der Waals surface area contributed by atoms with Crippen molar-refractivity contribution in [3.8, 4) is 11.8 Å². The number of nitrogens with one attached hydrogen (secondary N) is 1. The lowest BCUT2D eigenvalue weighted by molar-refractivity contribution is 0.145. The number of nitrogens with zero attached hydrogens (tertiary/aromatic N) is 2. The first kappa shape index (κ1) is 14.8. The maximum Gasteiger partial charge on any atom is 0.123 e. The number of piperidine rings is 1. The SMILES string of the molecule is CNC1(C)CCN(Cc2cc(C#N)ccc2OC)CC1. The van der Waals surface area contributed by atoms with Gasteiger partial charge in [0.25, 0.3) is 0 Å². The number of ether oxygens (including phenoxy) is 1. The van der Waals surface area contributed by atoms with Crippen LogP contribution >= 0.6 is 0 Å². The molecule has 108 valence electrons. The Bertz CT molecular complexity index is 499. The van der Waals surface area contributed by atoms with Gasteiger partial charge in [-0.1, -0.05) is 0 Å². The number of nitriles is 1. The summed E-state index contributed by atoms with van der Waals surface area (Å²) in [6, 6.07) is 7.82. The van der Waals surface area contributed by atoms with Gasteiger partial charge in [0.15, 0.2) is 0 Å². The molecule has 0 amide bonds. The largest absolute Gasteiger partial charge is 0.496 e. The molecule has 1 aromatic carbocycles. The second-order valence-corrected chi connectivity index (χ2v) is 5.73. The number of hydrogen-bond donors (Lipinski definition) is 1. The van der Waals surface area contributed by atoms with Crippen LogP contribution in [0.5, 0.6) is 5.75 Å². The van der Waals surface area contributed by atoms with E-state index in [2.05, 4.69) is 23.2 Å². The molecule has 1 saturated heterocycles. The minimum atomic E-state index is 0.259. The Labute approximate surface area is 121 Å². The molecule has 2 rings (SSSR count).